The fourth-order valence-electron chi connectivity index (χ4n) is 5.55. The lowest BCUT2D eigenvalue weighted by Gasteiger charge is -2.30. The predicted molar refractivity (Wildman–Crippen MR) is 160 cm³/mol. The number of benzene rings is 1. The molecule has 2 N–H and O–H groups in total. The fraction of sp³-hybridized carbons (Fsp3) is 0.533. The van der Waals surface area contributed by atoms with E-state index in [0.717, 1.165) is 50.3 Å². The average Bonchev–Trinajstić information content (AvgIpc) is 3.46. The maximum Gasteiger partial charge on any atom is 0.251 e. The quantitative estimate of drug-likeness (QED) is 0.513. The van der Waals surface area contributed by atoms with E-state index in [1.54, 1.807) is 43.5 Å². The molecule has 1 saturated heterocycles. The van der Waals surface area contributed by atoms with Crippen molar-refractivity contribution in [3.05, 3.63) is 42.6 Å². The van der Waals surface area contributed by atoms with E-state index in [2.05, 4.69) is 39.0 Å². The average molecular weight is 550 g/mol. The van der Waals surface area contributed by atoms with Gasteiger partial charge in [0.15, 0.2) is 5.82 Å². The second kappa shape index (κ2) is 13.6. The van der Waals surface area contributed by atoms with Crippen molar-refractivity contribution < 1.29 is 14.3 Å². The van der Waals surface area contributed by atoms with Crippen LogP contribution in [-0.2, 0) is 4.79 Å². The first-order chi connectivity index (χ1) is 19.3. The minimum Gasteiger partial charge on any atom is -0.495 e. The van der Waals surface area contributed by atoms with Gasteiger partial charge in [-0.15, -0.1) is 6.58 Å². The summed E-state index contributed by atoms with van der Waals surface area (Å²) in [4.78, 5) is 41.1. The smallest absolute Gasteiger partial charge is 0.251 e. The highest BCUT2D eigenvalue weighted by Gasteiger charge is 2.31. The first-order valence-corrected chi connectivity index (χ1v) is 14.3. The molecular formula is C30H43N7O3. The van der Waals surface area contributed by atoms with Crippen molar-refractivity contribution >= 4 is 35.0 Å². The van der Waals surface area contributed by atoms with E-state index in [1.165, 1.54) is 12.8 Å². The van der Waals surface area contributed by atoms with Crippen LogP contribution in [0.3, 0.4) is 0 Å². The number of anilines is 4. The Labute approximate surface area is 237 Å². The van der Waals surface area contributed by atoms with Crippen molar-refractivity contribution in [3.8, 4) is 5.75 Å². The number of carbonyl (C=O) groups excluding carboxylic acids is 2. The number of ether oxygens (including phenoxy) is 1. The Kier molecular flexibility index (Phi) is 9.98. The number of likely N-dealkylation sites (tertiary alicyclic amines) is 1. The Morgan fingerprint density at radius 2 is 1.82 bits per heavy atom. The maximum absolute atomic E-state index is 12.9. The van der Waals surface area contributed by atoms with Crippen molar-refractivity contribution in [2.75, 3.05) is 56.0 Å². The van der Waals surface area contributed by atoms with Crippen LogP contribution in [0.5, 0.6) is 5.75 Å². The Balaban J connectivity index is 0.00000118. The zero-order valence-electron chi connectivity index (χ0n) is 24.3. The van der Waals surface area contributed by atoms with Crippen LogP contribution in [0.25, 0.3) is 0 Å². The van der Waals surface area contributed by atoms with Gasteiger partial charge in [-0.3, -0.25) is 9.59 Å². The highest BCUT2D eigenvalue weighted by Crippen LogP contribution is 2.37. The van der Waals surface area contributed by atoms with Gasteiger partial charge < -0.3 is 30.1 Å². The van der Waals surface area contributed by atoms with Gasteiger partial charge in [0.2, 0.25) is 11.9 Å². The molecule has 1 aromatic heterocycles. The SMILES string of the molecule is C=CC.COc1cc(C(=O)NC2CCN(C)CC2)ccc1Nc1ncc2c(n1)N(C1CCCC1)CCC(=O)N2C. The normalized spacial score (nSPS) is 18.4. The van der Waals surface area contributed by atoms with Crippen LogP contribution in [-0.4, -0.2) is 79.6 Å². The molecule has 0 atom stereocenters. The summed E-state index contributed by atoms with van der Waals surface area (Å²) in [6.45, 7) is 7.88. The molecule has 2 amide bonds. The number of fused-ring (bicyclic) bond motifs is 1. The van der Waals surface area contributed by atoms with Gasteiger partial charge in [-0.05, 0) is 70.9 Å². The molecule has 10 nitrogen and oxygen atoms in total. The number of allylic oxidation sites excluding steroid dienone is 1. The zero-order valence-corrected chi connectivity index (χ0v) is 24.3. The number of rotatable bonds is 6. The molecule has 0 spiro atoms. The van der Waals surface area contributed by atoms with Crippen molar-refractivity contribution in [1.82, 2.24) is 20.2 Å². The first-order valence-electron chi connectivity index (χ1n) is 14.3. The van der Waals surface area contributed by atoms with Gasteiger partial charge in [0.05, 0.1) is 19.0 Å². The number of hydrogen-bond donors (Lipinski definition) is 2. The molecule has 3 heterocycles. The van der Waals surface area contributed by atoms with E-state index in [0.29, 0.717) is 42.0 Å². The van der Waals surface area contributed by atoms with E-state index >= 15 is 0 Å². The number of aromatic nitrogens is 2. The summed E-state index contributed by atoms with van der Waals surface area (Å²) in [7, 11) is 5.47. The number of amides is 2. The lowest BCUT2D eigenvalue weighted by Crippen LogP contribution is -2.43. The third-order valence-electron chi connectivity index (χ3n) is 7.85. The maximum atomic E-state index is 12.9. The molecule has 216 valence electrons. The van der Waals surface area contributed by atoms with Crippen LogP contribution in [0.1, 0.15) is 62.2 Å². The molecule has 0 unspecified atom stereocenters. The number of carbonyl (C=O) groups is 2. The molecule has 3 aliphatic rings. The van der Waals surface area contributed by atoms with Gasteiger partial charge in [-0.25, -0.2) is 4.98 Å². The van der Waals surface area contributed by atoms with E-state index in [4.69, 9.17) is 9.72 Å². The summed E-state index contributed by atoms with van der Waals surface area (Å²) >= 11 is 0. The highest BCUT2D eigenvalue weighted by molar-refractivity contribution is 5.97. The van der Waals surface area contributed by atoms with Crippen molar-refractivity contribution in [1.29, 1.82) is 0 Å². The van der Waals surface area contributed by atoms with Gasteiger partial charge in [0, 0.05) is 37.7 Å². The summed E-state index contributed by atoms with van der Waals surface area (Å²) in [5.74, 6) is 1.72. The van der Waals surface area contributed by atoms with E-state index in [9.17, 15) is 9.59 Å². The summed E-state index contributed by atoms with van der Waals surface area (Å²) < 4.78 is 5.61. The monoisotopic (exact) mass is 549 g/mol. The second-order valence-electron chi connectivity index (χ2n) is 10.7. The van der Waals surface area contributed by atoms with Gasteiger partial charge in [-0.2, -0.15) is 4.98 Å². The largest absolute Gasteiger partial charge is 0.495 e. The summed E-state index contributed by atoms with van der Waals surface area (Å²) in [6.07, 6.45) is 10.4. The summed E-state index contributed by atoms with van der Waals surface area (Å²) in [5.41, 5.74) is 1.95. The van der Waals surface area contributed by atoms with E-state index < -0.39 is 0 Å². The molecule has 2 aromatic rings. The Hall–Kier alpha value is -3.66. The number of nitrogens with zero attached hydrogens (tertiary/aromatic N) is 5. The third kappa shape index (κ3) is 6.91. The number of hydrogen-bond acceptors (Lipinski definition) is 8. The Morgan fingerprint density at radius 3 is 2.50 bits per heavy atom. The molecule has 0 radical (unpaired) electrons. The fourth-order valence-corrected chi connectivity index (χ4v) is 5.55. The van der Waals surface area contributed by atoms with E-state index in [1.807, 2.05) is 13.0 Å². The van der Waals surface area contributed by atoms with Crippen LogP contribution >= 0.6 is 0 Å². The standard InChI is InChI=1S/C27H37N7O3.C3H6/c1-32-13-10-19(11-14-32)29-26(36)18-8-9-21(23(16-18)37-3)30-27-28-17-22-25(31-27)34(20-6-4-5-7-20)15-12-24(35)33(22)2;1-3-2/h8-9,16-17,19-20H,4-7,10-15H2,1-3H3,(H,29,36)(H,28,30,31);3H,1H2,2H3. The lowest BCUT2D eigenvalue weighted by atomic mass is 10.0. The van der Waals surface area contributed by atoms with Gasteiger partial charge >= 0.3 is 0 Å². The highest BCUT2D eigenvalue weighted by atomic mass is 16.5. The lowest BCUT2D eigenvalue weighted by molar-refractivity contribution is -0.118. The predicted octanol–water partition coefficient (Wildman–Crippen LogP) is 4.36. The topological polar surface area (TPSA) is 103 Å². The van der Waals surface area contributed by atoms with Crippen LogP contribution in [0.15, 0.2) is 37.1 Å². The first kappa shape index (κ1) is 29.3. The third-order valence-corrected chi connectivity index (χ3v) is 7.85. The zero-order chi connectivity index (χ0) is 28.6. The molecule has 10 heteroatoms. The molecule has 2 aliphatic heterocycles. The molecule has 2 fully saturated rings. The number of nitrogens with one attached hydrogen (secondary N) is 2. The molecular weight excluding hydrogens is 506 g/mol. The van der Waals surface area contributed by atoms with Crippen molar-refractivity contribution in [2.45, 2.75) is 64.0 Å². The van der Waals surface area contributed by atoms with Crippen molar-refractivity contribution in [2.24, 2.45) is 0 Å². The summed E-state index contributed by atoms with van der Waals surface area (Å²) in [6, 6.07) is 5.93. The van der Waals surface area contributed by atoms with Gasteiger partial charge in [0.1, 0.15) is 11.4 Å². The second-order valence-corrected chi connectivity index (χ2v) is 10.7. The van der Waals surface area contributed by atoms with Crippen molar-refractivity contribution in [3.63, 3.8) is 0 Å². The van der Waals surface area contributed by atoms with Crippen LogP contribution < -0.4 is 25.2 Å². The molecule has 1 aromatic carbocycles. The molecule has 5 rings (SSSR count). The minimum absolute atomic E-state index is 0.0711. The van der Waals surface area contributed by atoms with Gasteiger partial charge in [-0.1, -0.05) is 18.9 Å². The molecule has 40 heavy (non-hydrogen) atoms. The molecule has 0 bridgehead atoms. The Morgan fingerprint density at radius 1 is 1.12 bits per heavy atom. The minimum atomic E-state index is -0.0967. The van der Waals surface area contributed by atoms with Crippen LogP contribution in [0, 0.1) is 0 Å². The van der Waals surface area contributed by atoms with Crippen LogP contribution in [0.4, 0.5) is 23.1 Å². The Bertz CT molecular complexity index is 1190. The molecule has 1 saturated carbocycles. The summed E-state index contributed by atoms with van der Waals surface area (Å²) in [5, 5.41) is 6.42. The van der Waals surface area contributed by atoms with E-state index in [-0.39, 0.29) is 17.9 Å². The molecule has 1 aliphatic carbocycles. The van der Waals surface area contributed by atoms with Gasteiger partial charge in [0.25, 0.3) is 5.91 Å². The van der Waals surface area contributed by atoms with Crippen LogP contribution in [0.2, 0.25) is 0 Å². The number of methoxy groups -OCH3 is 1. The number of piperidine rings is 1.